The van der Waals surface area contributed by atoms with Gasteiger partial charge in [-0.05, 0) is 18.2 Å². The van der Waals surface area contributed by atoms with Gasteiger partial charge in [0.2, 0.25) is 0 Å². The fourth-order valence-electron chi connectivity index (χ4n) is 2.42. The van der Waals surface area contributed by atoms with Crippen molar-refractivity contribution in [1.29, 1.82) is 0 Å². The topological polar surface area (TPSA) is 68.0 Å². The first kappa shape index (κ1) is 13.1. The van der Waals surface area contributed by atoms with E-state index in [0.717, 1.165) is 0 Å². The normalized spacial score (nSPS) is 23.1. The molecule has 6 nitrogen and oxygen atoms in total. The summed E-state index contributed by atoms with van der Waals surface area (Å²) in [6.45, 7) is 2.73. The number of morpholine rings is 1. The van der Waals surface area contributed by atoms with Gasteiger partial charge in [0.05, 0.1) is 31.1 Å². The molecular weight excluding hydrogens is 265 g/mol. The number of benzene rings is 1. The number of carbonyl (C=O) groups is 1. The second-order valence-electron chi connectivity index (χ2n) is 4.77. The lowest BCUT2D eigenvalue weighted by Gasteiger charge is -2.29. The van der Waals surface area contributed by atoms with E-state index in [1.807, 2.05) is 4.90 Å². The van der Waals surface area contributed by atoms with Crippen LogP contribution in [0.15, 0.2) is 18.2 Å². The minimum atomic E-state index is -0.663. The quantitative estimate of drug-likeness (QED) is 0.872. The molecule has 2 aliphatic rings. The van der Waals surface area contributed by atoms with E-state index in [0.29, 0.717) is 37.7 Å². The van der Waals surface area contributed by atoms with Crippen LogP contribution < -0.4 is 15.5 Å². The summed E-state index contributed by atoms with van der Waals surface area (Å²) >= 11 is 0. The molecule has 2 heterocycles. The second-order valence-corrected chi connectivity index (χ2v) is 4.77. The average molecular weight is 281 g/mol. The van der Waals surface area contributed by atoms with Gasteiger partial charge in [-0.15, -0.1) is 0 Å². The molecule has 0 aromatic heterocycles. The van der Waals surface area contributed by atoms with Crippen LogP contribution in [-0.2, 0) is 9.47 Å². The van der Waals surface area contributed by atoms with E-state index < -0.39 is 12.3 Å². The molecule has 2 saturated heterocycles. The van der Waals surface area contributed by atoms with Crippen LogP contribution in [0.2, 0.25) is 0 Å². The molecule has 0 saturated carbocycles. The lowest BCUT2D eigenvalue weighted by atomic mass is 10.2. The number of cyclic esters (lactones) is 1. The Kier molecular flexibility index (Phi) is 3.45. The van der Waals surface area contributed by atoms with Gasteiger partial charge in [-0.3, -0.25) is 10.6 Å². The number of nitrogens with zero attached hydrogens (tertiary/aromatic N) is 2. The lowest BCUT2D eigenvalue weighted by Crippen LogP contribution is -2.36. The highest BCUT2D eigenvalue weighted by Crippen LogP contribution is 2.27. The highest BCUT2D eigenvalue weighted by molar-refractivity contribution is 5.89. The standard InChI is InChI=1S/C13H16FN3O3/c14-10-7-9(17-8-12(15)20-13(17)18)1-2-11(10)16-3-5-19-6-4-16/h1-2,7,12H,3-6,8,15H2. The first-order chi connectivity index (χ1) is 9.65. The molecular formula is C13H16FN3O3. The van der Waals surface area contributed by atoms with E-state index in [1.54, 1.807) is 12.1 Å². The Morgan fingerprint density at radius 1 is 1.30 bits per heavy atom. The van der Waals surface area contributed by atoms with Gasteiger partial charge in [-0.25, -0.2) is 9.18 Å². The number of amides is 1. The number of ether oxygens (including phenoxy) is 2. The van der Waals surface area contributed by atoms with Gasteiger partial charge >= 0.3 is 6.09 Å². The maximum Gasteiger partial charge on any atom is 0.416 e. The Hall–Kier alpha value is -1.86. The van der Waals surface area contributed by atoms with Gasteiger partial charge in [0.1, 0.15) is 5.82 Å². The molecule has 1 aromatic carbocycles. The predicted molar refractivity (Wildman–Crippen MR) is 71.2 cm³/mol. The monoisotopic (exact) mass is 281 g/mol. The smallest absolute Gasteiger partial charge is 0.416 e. The van der Waals surface area contributed by atoms with Crippen molar-refractivity contribution in [2.45, 2.75) is 6.23 Å². The molecule has 20 heavy (non-hydrogen) atoms. The Morgan fingerprint density at radius 3 is 2.65 bits per heavy atom. The number of hydrogen-bond acceptors (Lipinski definition) is 5. The van der Waals surface area contributed by atoms with Crippen LogP contribution in [0.5, 0.6) is 0 Å². The molecule has 108 valence electrons. The molecule has 2 N–H and O–H groups in total. The van der Waals surface area contributed by atoms with Crippen LogP contribution in [0, 0.1) is 5.82 Å². The fraction of sp³-hybridized carbons (Fsp3) is 0.462. The van der Waals surface area contributed by atoms with Crippen molar-refractivity contribution >= 4 is 17.5 Å². The van der Waals surface area contributed by atoms with E-state index >= 15 is 0 Å². The zero-order valence-corrected chi connectivity index (χ0v) is 10.9. The van der Waals surface area contributed by atoms with Crippen LogP contribution in [0.25, 0.3) is 0 Å². The maximum absolute atomic E-state index is 14.2. The molecule has 7 heteroatoms. The molecule has 0 radical (unpaired) electrons. The van der Waals surface area contributed by atoms with Crippen LogP contribution in [-0.4, -0.2) is 45.2 Å². The number of nitrogens with two attached hydrogens (primary N) is 1. The molecule has 1 atom stereocenters. The Bertz CT molecular complexity index is 520. The molecule has 0 bridgehead atoms. The van der Waals surface area contributed by atoms with Crippen molar-refractivity contribution in [1.82, 2.24) is 0 Å². The number of hydrogen-bond donors (Lipinski definition) is 1. The summed E-state index contributed by atoms with van der Waals surface area (Å²) in [5.41, 5.74) is 6.52. The van der Waals surface area contributed by atoms with Crippen molar-refractivity contribution in [3.05, 3.63) is 24.0 Å². The van der Waals surface area contributed by atoms with Crippen LogP contribution >= 0.6 is 0 Å². The van der Waals surface area contributed by atoms with Gasteiger partial charge < -0.3 is 14.4 Å². The number of anilines is 2. The zero-order valence-electron chi connectivity index (χ0n) is 10.9. The van der Waals surface area contributed by atoms with Crippen LogP contribution in [0.1, 0.15) is 0 Å². The summed E-state index contributed by atoms with van der Waals surface area (Å²) in [7, 11) is 0. The van der Waals surface area contributed by atoms with E-state index in [-0.39, 0.29) is 12.4 Å². The van der Waals surface area contributed by atoms with E-state index in [1.165, 1.54) is 11.0 Å². The third-order valence-corrected chi connectivity index (χ3v) is 3.43. The molecule has 1 amide bonds. The third kappa shape index (κ3) is 2.41. The molecule has 1 unspecified atom stereocenters. The highest BCUT2D eigenvalue weighted by atomic mass is 19.1. The molecule has 1 aromatic rings. The number of halogens is 1. The zero-order chi connectivity index (χ0) is 14.1. The van der Waals surface area contributed by atoms with Crippen molar-refractivity contribution < 1.29 is 18.7 Å². The van der Waals surface area contributed by atoms with E-state index in [9.17, 15) is 9.18 Å². The third-order valence-electron chi connectivity index (χ3n) is 3.43. The second kappa shape index (κ2) is 5.26. The van der Waals surface area contributed by atoms with Crippen LogP contribution in [0.4, 0.5) is 20.6 Å². The number of carbonyl (C=O) groups excluding carboxylic acids is 1. The summed E-state index contributed by atoms with van der Waals surface area (Å²) in [4.78, 5) is 14.8. The number of rotatable bonds is 2. The van der Waals surface area contributed by atoms with Gasteiger partial charge in [0.15, 0.2) is 6.23 Å². The van der Waals surface area contributed by atoms with E-state index in [4.69, 9.17) is 15.2 Å². The van der Waals surface area contributed by atoms with Gasteiger partial charge in [-0.1, -0.05) is 0 Å². The predicted octanol–water partition coefficient (Wildman–Crippen LogP) is 0.904. The molecule has 3 rings (SSSR count). The first-order valence-electron chi connectivity index (χ1n) is 6.51. The van der Waals surface area contributed by atoms with Crippen molar-refractivity contribution in [3.63, 3.8) is 0 Å². The minimum Gasteiger partial charge on any atom is -0.428 e. The fourth-order valence-corrected chi connectivity index (χ4v) is 2.42. The van der Waals surface area contributed by atoms with Gasteiger partial charge in [0, 0.05) is 13.1 Å². The largest absolute Gasteiger partial charge is 0.428 e. The highest BCUT2D eigenvalue weighted by Gasteiger charge is 2.30. The Labute approximate surface area is 115 Å². The van der Waals surface area contributed by atoms with Crippen LogP contribution in [0.3, 0.4) is 0 Å². The molecule has 2 fully saturated rings. The van der Waals surface area contributed by atoms with Gasteiger partial charge in [-0.2, -0.15) is 0 Å². The molecule has 0 spiro atoms. The SMILES string of the molecule is NC1CN(c2ccc(N3CCOCC3)c(F)c2)C(=O)O1. The van der Waals surface area contributed by atoms with Gasteiger partial charge in [0.25, 0.3) is 0 Å². The summed E-state index contributed by atoms with van der Waals surface area (Å²) in [5.74, 6) is -0.363. The van der Waals surface area contributed by atoms with Crippen molar-refractivity contribution in [2.24, 2.45) is 5.73 Å². The average Bonchev–Trinajstić information content (AvgIpc) is 2.78. The summed E-state index contributed by atoms with van der Waals surface area (Å²) in [6.07, 6.45) is -1.21. The lowest BCUT2D eigenvalue weighted by molar-refractivity contribution is 0.122. The van der Waals surface area contributed by atoms with E-state index in [2.05, 4.69) is 0 Å². The molecule has 0 aliphatic carbocycles. The van der Waals surface area contributed by atoms with Crippen molar-refractivity contribution in [2.75, 3.05) is 42.6 Å². The Morgan fingerprint density at radius 2 is 2.05 bits per heavy atom. The summed E-state index contributed by atoms with van der Waals surface area (Å²) < 4.78 is 24.3. The minimum absolute atomic E-state index is 0.231. The maximum atomic E-state index is 14.2. The Balaban J connectivity index is 1.82. The summed E-state index contributed by atoms with van der Waals surface area (Å²) in [5, 5.41) is 0. The summed E-state index contributed by atoms with van der Waals surface area (Å²) in [6, 6.07) is 4.71. The molecule has 2 aliphatic heterocycles. The van der Waals surface area contributed by atoms with Crippen molar-refractivity contribution in [3.8, 4) is 0 Å². The first-order valence-corrected chi connectivity index (χ1v) is 6.51.